The molecule has 0 spiro atoms. The molecule has 0 aromatic carbocycles. The molecule has 1 unspecified atom stereocenters. The van der Waals surface area contributed by atoms with Gasteiger partial charge in [0.05, 0.1) is 6.54 Å². The SMILES string of the molecule is BC[C@H]1CN(P)[C@H](C)CN1CC(=O)N(C)CC(C)(C)C. The topological polar surface area (TPSA) is 26.8 Å². The Balaban J connectivity index is 2.59. The minimum absolute atomic E-state index is 0.153. The van der Waals surface area contributed by atoms with Crippen molar-refractivity contribution in [2.45, 2.75) is 46.1 Å². The molecule has 0 aliphatic carbocycles. The van der Waals surface area contributed by atoms with Crippen LogP contribution in [0.5, 0.6) is 0 Å². The molecule has 0 radical (unpaired) electrons. The van der Waals surface area contributed by atoms with E-state index in [1.54, 1.807) is 0 Å². The third kappa shape index (κ3) is 5.35. The van der Waals surface area contributed by atoms with E-state index in [0.29, 0.717) is 18.6 Å². The van der Waals surface area contributed by atoms with Crippen molar-refractivity contribution in [3.63, 3.8) is 0 Å². The van der Waals surface area contributed by atoms with Crippen LogP contribution >= 0.6 is 9.39 Å². The van der Waals surface area contributed by atoms with Crippen molar-refractivity contribution in [2.24, 2.45) is 5.41 Å². The maximum absolute atomic E-state index is 12.4. The third-order valence-electron chi connectivity index (χ3n) is 3.95. The number of rotatable bonds is 4. The van der Waals surface area contributed by atoms with E-state index in [-0.39, 0.29) is 11.3 Å². The standard InChI is InChI=1S/C14H31BN3OP/c1-11-7-17(12(6-15)8-18(11)20)9-13(19)16(5)10-14(2,3)4/h11-12H,6-10,15,20H2,1-5H3/t11-,12+/m1/s1. The molecule has 0 saturated carbocycles. The van der Waals surface area contributed by atoms with Crippen LogP contribution in [0.15, 0.2) is 0 Å². The first kappa shape index (κ1) is 17.9. The second-order valence-corrected chi connectivity index (χ2v) is 8.01. The number of carbonyl (C=O) groups excluding carboxylic acids is 1. The van der Waals surface area contributed by atoms with Gasteiger partial charge in [-0.3, -0.25) is 14.4 Å². The molecule has 0 aromatic heterocycles. The van der Waals surface area contributed by atoms with E-state index in [1.165, 1.54) is 0 Å². The molecule has 1 amide bonds. The van der Waals surface area contributed by atoms with Gasteiger partial charge in [-0.05, 0) is 12.3 Å². The molecule has 1 fully saturated rings. The fraction of sp³-hybridized carbons (Fsp3) is 0.929. The molecule has 1 aliphatic rings. The summed E-state index contributed by atoms with van der Waals surface area (Å²) in [4.78, 5) is 16.6. The predicted octanol–water partition coefficient (Wildman–Crippen LogP) is 0.707. The number of nitrogens with zero attached hydrogens (tertiary/aromatic N) is 3. The smallest absolute Gasteiger partial charge is 0.236 e. The van der Waals surface area contributed by atoms with E-state index in [0.717, 1.165) is 26.0 Å². The molecule has 0 N–H and O–H groups in total. The summed E-state index contributed by atoms with van der Waals surface area (Å²) in [6, 6.07) is 0.971. The van der Waals surface area contributed by atoms with Crippen LogP contribution in [0.2, 0.25) is 6.32 Å². The van der Waals surface area contributed by atoms with E-state index >= 15 is 0 Å². The molecule has 116 valence electrons. The second kappa shape index (κ2) is 7.24. The monoisotopic (exact) mass is 299 g/mol. The van der Waals surface area contributed by atoms with Crippen molar-refractivity contribution in [3.8, 4) is 0 Å². The lowest BCUT2D eigenvalue weighted by Gasteiger charge is -2.43. The Hall–Kier alpha value is -0.115. The van der Waals surface area contributed by atoms with Crippen LogP contribution in [-0.4, -0.2) is 73.5 Å². The van der Waals surface area contributed by atoms with Crippen LogP contribution in [0, 0.1) is 5.41 Å². The highest BCUT2D eigenvalue weighted by atomic mass is 31.0. The Morgan fingerprint density at radius 1 is 1.40 bits per heavy atom. The number of hydrogen-bond acceptors (Lipinski definition) is 3. The van der Waals surface area contributed by atoms with Gasteiger partial charge in [0.1, 0.15) is 7.85 Å². The summed E-state index contributed by atoms with van der Waals surface area (Å²) in [6.45, 7) is 12.1. The van der Waals surface area contributed by atoms with Crippen molar-refractivity contribution in [2.75, 3.05) is 33.2 Å². The molecule has 4 nitrogen and oxygen atoms in total. The molecule has 1 saturated heterocycles. The van der Waals surface area contributed by atoms with Gasteiger partial charge in [-0.15, -0.1) is 0 Å². The summed E-state index contributed by atoms with van der Waals surface area (Å²) in [5.74, 6) is 0.239. The molecule has 1 aliphatic heterocycles. The largest absolute Gasteiger partial charge is 0.344 e. The maximum Gasteiger partial charge on any atom is 0.236 e. The molecule has 1 rings (SSSR count). The van der Waals surface area contributed by atoms with Crippen molar-refractivity contribution in [1.82, 2.24) is 14.5 Å². The summed E-state index contributed by atoms with van der Waals surface area (Å²) in [5, 5.41) is 0. The number of amides is 1. The molecular weight excluding hydrogens is 268 g/mol. The average Bonchev–Trinajstić information content (AvgIpc) is 2.31. The van der Waals surface area contributed by atoms with Crippen LogP contribution in [0.3, 0.4) is 0 Å². The van der Waals surface area contributed by atoms with Crippen LogP contribution < -0.4 is 0 Å². The lowest BCUT2D eigenvalue weighted by Crippen LogP contribution is -2.56. The fourth-order valence-electron chi connectivity index (χ4n) is 2.81. The zero-order valence-electron chi connectivity index (χ0n) is 14.0. The zero-order valence-corrected chi connectivity index (χ0v) is 15.2. The zero-order chi connectivity index (χ0) is 15.5. The Labute approximate surface area is 127 Å². The summed E-state index contributed by atoms with van der Waals surface area (Å²) in [7, 11) is 6.94. The molecule has 6 heteroatoms. The van der Waals surface area contributed by atoms with Gasteiger partial charge in [-0.1, -0.05) is 36.5 Å². The Kier molecular flexibility index (Phi) is 6.49. The maximum atomic E-state index is 12.4. The minimum atomic E-state index is 0.153. The predicted molar refractivity (Wildman–Crippen MR) is 91.7 cm³/mol. The van der Waals surface area contributed by atoms with Crippen LogP contribution in [-0.2, 0) is 4.79 Å². The fourth-order valence-corrected chi connectivity index (χ4v) is 3.14. The number of carbonyl (C=O) groups is 1. The van der Waals surface area contributed by atoms with Crippen molar-refractivity contribution >= 4 is 23.1 Å². The van der Waals surface area contributed by atoms with Gasteiger partial charge in [0.15, 0.2) is 0 Å². The van der Waals surface area contributed by atoms with E-state index in [4.69, 9.17) is 0 Å². The van der Waals surface area contributed by atoms with Crippen molar-refractivity contribution in [3.05, 3.63) is 0 Å². The molecule has 20 heavy (non-hydrogen) atoms. The van der Waals surface area contributed by atoms with Crippen molar-refractivity contribution in [1.29, 1.82) is 0 Å². The van der Waals surface area contributed by atoms with Crippen LogP contribution in [0.4, 0.5) is 0 Å². The van der Waals surface area contributed by atoms with Gasteiger partial charge in [0, 0.05) is 38.8 Å². The lowest BCUT2D eigenvalue weighted by molar-refractivity contribution is -0.133. The minimum Gasteiger partial charge on any atom is -0.344 e. The van der Waals surface area contributed by atoms with Crippen molar-refractivity contribution < 1.29 is 4.79 Å². The quantitative estimate of drug-likeness (QED) is 0.565. The summed E-state index contributed by atoms with van der Waals surface area (Å²) in [5.41, 5.74) is 0.153. The highest BCUT2D eigenvalue weighted by Gasteiger charge is 2.30. The number of hydrogen-bond donors (Lipinski definition) is 0. The van der Waals surface area contributed by atoms with Gasteiger partial charge in [0.2, 0.25) is 5.91 Å². The Bertz CT molecular complexity index is 335. The molecule has 3 atom stereocenters. The molecule has 0 bridgehead atoms. The summed E-state index contributed by atoms with van der Waals surface area (Å²) in [6.07, 6.45) is 1.09. The van der Waals surface area contributed by atoms with E-state index in [2.05, 4.69) is 54.5 Å². The molecule has 1 heterocycles. The first-order chi connectivity index (χ1) is 9.14. The number of likely N-dealkylation sites (N-methyl/N-ethyl adjacent to an activating group) is 1. The first-order valence-electron chi connectivity index (χ1n) is 7.63. The third-order valence-corrected chi connectivity index (χ3v) is 4.67. The highest BCUT2D eigenvalue weighted by molar-refractivity contribution is 7.13. The lowest BCUT2D eigenvalue weighted by atomic mass is 9.93. The average molecular weight is 299 g/mol. The van der Waals surface area contributed by atoms with Gasteiger partial charge in [0.25, 0.3) is 0 Å². The Morgan fingerprint density at radius 3 is 2.50 bits per heavy atom. The second-order valence-electron chi connectivity index (χ2n) is 7.35. The Morgan fingerprint density at radius 2 is 2.00 bits per heavy atom. The number of piperazine rings is 1. The van der Waals surface area contributed by atoms with Gasteiger partial charge >= 0.3 is 0 Å². The van der Waals surface area contributed by atoms with Gasteiger partial charge in [-0.25, -0.2) is 0 Å². The summed E-state index contributed by atoms with van der Waals surface area (Å²) >= 11 is 0. The van der Waals surface area contributed by atoms with E-state index in [1.807, 2.05) is 11.9 Å². The highest BCUT2D eigenvalue weighted by Crippen LogP contribution is 2.21. The summed E-state index contributed by atoms with van der Waals surface area (Å²) < 4.78 is 2.31. The molecule has 0 aromatic rings. The molecular formula is C14H31BN3OP. The van der Waals surface area contributed by atoms with E-state index < -0.39 is 0 Å². The van der Waals surface area contributed by atoms with Gasteiger partial charge < -0.3 is 4.90 Å². The van der Waals surface area contributed by atoms with Crippen LogP contribution in [0.25, 0.3) is 0 Å². The van der Waals surface area contributed by atoms with E-state index in [9.17, 15) is 4.79 Å². The van der Waals surface area contributed by atoms with Crippen LogP contribution in [0.1, 0.15) is 27.7 Å². The first-order valence-corrected chi connectivity index (χ1v) is 8.15. The van der Waals surface area contributed by atoms with Gasteiger partial charge in [-0.2, -0.15) is 0 Å². The normalized spacial score (nSPS) is 25.7.